The standard InChI is InChI=1S/C10H19N3/c1-2-9(8-12-13-11)10-6-4-3-5-7-10/h9-10H,2-8H2,1H3/t9-/m0/s1. The van der Waals surface area contributed by atoms with Gasteiger partial charge in [-0.25, -0.2) is 0 Å². The van der Waals surface area contributed by atoms with E-state index in [2.05, 4.69) is 16.9 Å². The highest BCUT2D eigenvalue weighted by molar-refractivity contribution is 4.74. The van der Waals surface area contributed by atoms with Crippen molar-refractivity contribution in [3.05, 3.63) is 10.4 Å². The van der Waals surface area contributed by atoms with Crippen LogP contribution >= 0.6 is 0 Å². The Morgan fingerprint density at radius 1 is 1.38 bits per heavy atom. The molecule has 0 unspecified atom stereocenters. The fourth-order valence-electron chi connectivity index (χ4n) is 2.36. The zero-order valence-electron chi connectivity index (χ0n) is 8.45. The van der Waals surface area contributed by atoms with E-state index in [9.17, 15) is 0 Å². The molecule has 3 nitrogen and oxygen atoms in total. The molecule has 3 heteroatoms. The van der Waals surface area contributed by atoms with Gasteiger partial charge in [0.2, 0.25) is 0 Å². The Hall–Kier alpha value is -0.690. The summed E-state index contributed by atoms with van der Waals surface area (Å²) in [5.41, 5.74) is 8.27. The molecule has 0 aromatic heterocycles. The lowest BCUT2D eigenvalue weighted by Gasteiger charge is -2.28. The smallest absolute Gasteiger partial charge is 0.0288 e. The Labute approximate surface area is 80.2 Å². The van der Waals surface area contributed by atoms with Crippen LogP contribution in [0.1, 0.15) is 45.4 Å². The molecule has 74 valence electrons. The first-order valence-electron chi connectivity index (χ1n) is 5.39. The second-order valence-corrected chi connectivity index (χ2v) is 3.98. The van der Waals surface area contributed by atoms with Crippen LogP contribution in [0.25, 0.3) is 10.4 Å². The molecule has 1 aliphatic rings. The van der Waals surface area contributed by atoms with E-state index in [0.717, 1.165) is 12.3 Å². The monoisotopic (exact) mass is 181 g/mol. The lowest BCUT2D eigenvalue weighted by Crippen LogP contribution is -2.19. The molecule has 1 fully saturated rings. The lowest BCUT2D eigenvalue weighted by molar-refractivity contribution is 0.247. The highest BCUT2D eigenvalue weighted by Crippen LogP contribution is 2.31. The van der Waals surface area contributed by atoms with Crippen molar-refractivity contribution in [2.45, 2.75) is 45.4 Å². The van der Waals surface area contributed by atoms with E-state index in [4.69, 9.17) is 5.53 Å². The van der Waals surface area contributed by atoms with Crippen molar-refractivity contribution in [2.75, 3.05) is 6.54 Å². The number of rotatable bonds is 4. The molecule has 1 aliphatic carbocycles. The summed E-state index contributed by atoms with van der Waals surface area (Å²) >= 11 is 0. The molecule has 0 aromatic rings. The molecule has 0 amide bonds. The second kappa shape index (κ2) is 5.87. The van der Waals surface area contributed by atoms with Crippen molar-refractivity contribution < 1.29 is 0 Å². The van der Waals surface area contributed by atoms with Gasteiger partial charge in [0, 0.05) is 11.5 Å². The van der Waals surface area contributed by atoms with Crippen molar-refractivity contribution in [3.63, 3.8) is 0 Å². The fraction of sp³-hybridized carbons (Fsp3) is 1.00. The summed E-state index contributed by atoms with van der Waals surface area (Å²) in [5.74, 6) is 1.46. The zero-order valence-corrected chi connectivity index (χ0v) is 8.45. The van der Waals surface area contributed by atoms with Gasteiger partial charge in [0.05, 0.1) is 0 Å². The van der Waals surface area contributed by atoms with Crippen LogP contribution in [0, 0.1) is 11.8 Å². The molecule has 0 saturated heterocycles. The normalized spacial score (nSPS) is 20.7. The number of hydrogen-bond acceptors (Lipinski definition) is 1. The van der Waals surface area contributed by atoms with Gasteiger partial charge < -0.3 is 0 Å². The van der Waals surface area contributed by atoms with Gasteiger partial charge >= 0.3 is 0 Å². The minimum Gasteiger partial charge on any atom is -0.0937 e. The molecule has 0 aromatic carbocycles. The molecule has 0 bridgehead atoms. The van der Waals surface area contributed by atoms with Crippen molar-refractivity contribution in [1.82, 2.24) is 0 Å². The molecule has 0 radical (unpaired) electrons. The van der Waals surface area contributed by atoms with E-state index in [1.54, 1.807) is 0 Å². The van der Waals surface area contributed by atoms with Crippen LogP contribution < -0.4 is 0 Å². The van der Waals surface area contributed by atoms with Gasteiger partial charge in [0.15, 0.2) is 0 Å². The maximum atomic E-state index is 8.27. The Kier molecular flexibility index (Phi) is 4.69. The molecule has 0 N–H and O–H groups in total. The molecule has 0 spiro atoms. The summed E-state index contributed by atoms with van der Waals surface area (Å²) in [6, 6.07) is 0. The van der Waals surface area contributed by atoms with Crippen LogP contribution in [0.3, 0.4) is 0 Å². The van der Waals surface area contributed by atoms with Crippen molar-refractivity contribution in [1.29, 1.82) is 0 Å². The van der Waals surface area contributed by atoms with E-state index in [1.165, 1.54) is 32.1 Å². The summed E-state index contributed by atoms with van der Waals surface area (Å²) in [6.07, 6.45) is 7.99. The lowest BCUT2D eigenvalue weighted by atomic mass is 9.79. The number of nitrogens with zero attached hydrogens (tertiary/aromatic N) is 3. The highest BCUT2D eigenvalue weighted by atomic mass is 15.1. The summed E-state index contributed by atoms with van der Waals surface area (Å²) in [5, 5.41) is 3.70. The van der Waals surface area contributed by atoms with Crippen molar-refractivity contribution in [3.8, 4) is 0 Å². The molecular weight excluding hydrogens is 162 g/mol. The van der Waals surface area contributed by atoms with Crippen molar-refractivity contribution in [2.24, 2.45) is 17.0 Å². The summed E-state index contributed by atoms with van der Waals surface area (Å²) in [4.78, 5) is 2.84. The molecular formula is C10H19N3. The second-order valence-electron chi connectivity index (χ2n) is 3.98. The third-order valence-electron chi connectivity index (χ3n) is 3.22. The molecule has 1 rings (SSSR count). The third kappa shape index (κ3) is 3.27. The Balaban J connectivity index is 2.38. The SMILES string of the molecule is CC[C@@H](CN=[N+]=[N-])C1CCCCC1. The topological polar surface area (TPSA) is 48.8 Å². The van der Waals surface area contributed by atoms with Gasteiger partial charge in [-0.05, 0) is 17.4 Å². The van der Waals surface area contributed by atoms with Crippen LogP contribution in [0.2, 0.25) is 0 Å². The molecule has 1 atom stereocenters. The average Bonchev–Trinajstić information content (AvgIpc) is 2.21. The van der Waals surface area contributed by atoms with Gasteiger partial charge in [-0.2, -0.15) is 0 Å². The van der Waals surface area contributed by atoms with Crippen LogP contribution in [0.4, 0.5) is 0 Å². The predicted molar refractivity (Wildman–Crippen MR) is 54.4 cm³/mol. The quantitative estimate of drug-likeness (QED) is 0.359. The largest absolute Gasteiger partial charge is 0.0937 e. The number of hydrogen-bond donors (Lipinski definition) is 0. The van der Waals surface area contributed by atoms with E-state index < -0.39 is 0 Å². The van der Waals surface area contributed by atoms with Crippen LogP contribution in [0.5, 0.6) is 0 Å². The minimum absolute atomic E-state index is 0.635. The third-order valence-corrected chi connectivity index (χ3v) is 3.22. The van der Waals surface area contributed by atoms with Crippen LogP contribution in [0.15, 0.2) is 5.11 Å². The maximum Gasteiger partial charge on any atom is 0.0288 e. The Morgan fingerprint density at radius 3 is 2.62 bits per heavy atom. The van der Waals surface area contributed by atoms with Gasteiger partial charge in [-0.15, -0.1) is 0 Å². The van der Waals surface area contributed by atoms with Crippen LogP contribution in [-0.4, -0.2) is 6.54 Å². The Bertz CT molecular complexity index is 179. The first-order valence-corrected chi connectivity index (χ1v) is 5.39. The fourth-order valence-corrected chi connectivity index (χ4v) is 2.36. The van der Waals surface area contributed by atoms with E-state index >= 15 is 0 Å². The van der Waals surface area contributed by atoms with Crippen molar-refractivity contribution >= 4 is 0 Å². The van der Waals surface area contributed by atoms with E-state index in [0.29, 0.717) is 12.5 Å². The molecule has 13 heavy (non-hydrogen) atoms. The molecule has 0 heterocycles. The zero-order chi connectivity index (χ0) is 9.52. The van der Waals surface area contributed by atoms with Gasteiger partial charge in [-0.1, -0.05) is 50.6 Å². The van der Waals surface area contributed by atoms with Gasteiger partial charge in [0.25, 0.3) is 0 Å². The highest BCUT2D eigenvalue weighted by Gasteiger charge is 2.21. The first-order chi connectivity index (χ1) is 6.38. The van der Waals surface area contributed by atoms with E-state index in [-0.39, 0.29) is 0 Å². The summed E-state index contributed by atoms with van der Waals surface area (Å²) < 4.78 is 0. The molecule has 1 saturated carbocycles. The predicted octanol–water partition coefficient (Wildman–Crippen LogP) is 3.90. The summed E-state index contributed by atoms with van der Waals surface area (Å²) in [7, 11) is 0. The summed E-state index contributed by atoms with van der Waals surface area (Å²) in [6.45, 7) is 2.91. The first kappa shape index (κ1) is 10.4. The van der Waals surface area contributed by atoms with Gasteiger partial charge in [0.1, 0.15) is 0 Å². The average molecular weight is 181 g/mol. The molecule has 0 aliphatic heterocycles. The number of azide groups is 1. The van der Waals surface area contributed by atoms with Gasteiger partial charge in [-0.3, -0.25) is 0 Å². The van der Waals surface area contributed by atoms with Crippen LogP contribution in [-0.2, 0) is 0 Å². The maximum absolute atomic E-state index is 8.27. The Morgan fingerprint density at radius 2 is 2.08 bits per heavy atom. The van der Waals surface area contributed by atoms with E-state index in [1.807, 2.05) is 0 Å². The minimum atomic E-state index is 0.635.